The van der Waals surface area contributed by atoms with Crippen molar-refractivity contribution in [1.82, 2.24) is 14.6 Å². The average molecular weight is 165 g/mol. The molecule has 1 aliphatic heterocycles. The molecule has 0 unspecified atom stereocenters. The zero-order valence-electron chi connectivity index (χ0n) is 5.00. The maximum Gasteiger partial charge on any atom is 1.00 e. The van der Waals surface area contributed by atoms with Crippen molar-refractivity contribution in [1.29, 1.82) is 0 Å². The minimum atomic E-state index is 0. The van der Waals surface area contributed by atoms with Crippen LogP contribution < -0.4 is 44.1 Å². The van der Waals surface area contributed by atoms with Crippen molar-refractivity contribution in [3.05, 3.63) is 0 Å². The van der Waals surface area contributed by atoms with Crippen LogP contribution in [0.5, 0.6) is 0 Å². The fraction of sp³-hybridized carbons (Fsp3) is 0. The molecule has 1 saturated heterocycles. The van der Waals surface area contributed by atoms with Gasteiger partial charge < -0.3 is 1.43 Å². The van der Waals surface area contributed by atoms with Gasteiger partial charge in [-0.15, -0.1) is 0 Å². The molecule has 7 heteroatoms. The van der Waals surface area contributed by atoms with E-state index in [0.29, 0.717) is 0 Å². The van der Waals surface area contributed by atoms with Gasteiger partial charge in [-0.3, -0.25) is 14.6 Å². The third-order valence-corrected chi connectivity index (χ3v) is 3.38. The molecule has 0 aromatic heterocycles. The van der Waals surface area contributed by atoms with Gasteiger partial charge >= 0.3 is 29.6 Å². The summed E-state index contributed by atoms with van der Waals surface area (Å²) in [5.41, 5.74) is 0. The molecule has 0 radical (unpaired) electrons. The first kappa shape index (κ1) is 9.17. The molecule has 0 amide bonds. The Morgan fingerprint density at radius 1 is 0.857 bits per heavy atom. The quantitative estimate of drug-likeness (QED) is 0.272. The van der Waals surface area contributed by atoms with Gasteiger partial charge in [0.1, 0.15) is 0 Å². The van der Waals surface area contributed by atoms with Gasteiger partial charge in [-0.2, -0.15) is 0 Å². The summed E-state index contributed by atoms with van der Waals surface area (Å²) in [6.45, 7) is 0. The van der Waals surface area contributed by atoms with Gasteiger partial charge in [0.2, 0.25) is 0 Å². The first-order chi connectivity index (χ1) is 3.00. The molecule has 0 aromatic rings. The molecule has 0 aromatic carbocycles. The topological polar surface area (TPSA) is 36.1 Å². The van der Waals surface area contributed by atoms with E-state index in [1.54, 1.807) is 0 Å². The number of hydrogen-bond acceptors (Lipinski definition) is 3. The van der Waals surface area contributed by atoms with Crippen LogP contribution in [0.4, 0.5) is 0 Å². The number of hydrogen-bond donors (Lipinski definition) is 3. The van der Waals surface area contributed by atoms with Gasteiger partial charge in [0, 0.05) is 26.6 Å². The summed E-state index contributed by atoms with van der Waals surface area (Å²) >= 11 is 0. The van der Waals surface area contributed by atoms with Crippen molar-refractivity contribution in [2.45, 2.75) is 0 Å². The van der Waals surface area contributed by atoms with Crippen LogP contribution in [0.15, 0.2) is 0 Å². The van der Waals surface area contributed by atoms with Crippen molar-refractivity contribution in [2.75, 3.05) is 0 Å². The predicted octanol–water partition coefficient (Wildman–Crippen LogP) is -2.59. The van der Waals surface area contributed by atoms with Crippen LogP contribution in [0, 0.1) is 0 Å². The second kappa shape index (κ2) is 6.29. The minimum absolute atomic E-state index is 0. The summed E-state index contributed by atoms with van der Waals surface area (Å²) in [4.78, 5) is 9.38. The summed E-state index contributed by atoms with van der Waals surface area (Å²) in [5.74, 6) is 0. The molecule has 1 fully saturated rings. The smallest absolute Gasteiger partial charge is 1.00 e. The molecule has 38 valence electrons. The van der Waals surface area contributed by atoms with Crippen molar-refractivity contribution >= 4 is 26.6 Å². The standard InChI is InChI=1S/H6N3P3.Na.H/c1-4-2-6-3-5-1;;/h1-6H;;/q;+1;-1. The monoisotopic (exact) mass is 165 g/mol. The summed E-state index contributed by atoms with van der Waals surface area (Å²) < 4.78 is 0. The van der Waals surface area contributed by atoms with E-state index in [1.807, 2.05) is 0 Å². The number of rotatable bonds is 0. The Morgan fingerprint density at radius 3 is 1.29 bits per heavy atom. The van der Waals surface area contributed by atoms with E-state index in [9.17, 15) is 0 Å². The van der Waals surface area contributed by atoms with Gasteiger partial charge in [-0.05, 0) is 0 Å². The summed E-state index contributed by atoms with van der Waals surface area (Å²) in [7, 11) is 2.29. The first-order valence-electron chi connectivity index (χ1n) is 1.50. The molecule has 1 heterocycles. The van der Waals surface area contributed by atoms with E-state index in [4.69, 9.17) is 0 Å². The Morgan fingerprint density at radius 2 is 1.14 bits per heavy atom. The first-order valence-corrected chi connectivity index (χ1v) is 4.50. The van der Waals surface area contributed by atoms with Crippen molar-refractivity contribution in [3.63, 3.8) is 0 Å². The maximum atomic E-state index is 3.12. The Hall–Kier alpha value is 2.17. The van der Waals surface area contributed by atoms with E-state index in [1.165, 1.54) is 0 Å². The fourth-order valence-electron chi connectivity index (χ4n) is 0.188. The molecular weight excluding hydrogens is 158 g/mol. The zero-order chi connectivity index (χ0) is 4.24. The molecule has 0 spiro atoms. The second-order valence-electron chi connectivity index (χ2n) is 0.750. The molecule has 3 nitrogen and oxygen atoms in total. The van der Waals surface area contributed by atoms with Gasteiger partial charge in [0.15, 0.2) is 0 Å². The Bertz CT molecular complexity index is 30.0. The molecule has 0 saturated carbocycles. The SMILES string of the molecule is N1PNPNP1.[H-].[Na+]. The van der Waals surface area contributed by atoms with Gasteiger partial charge in [0.05, 0.1) is 0 Å². The summed E-state index contributed by atoms with van der Waals surface area (Å²) in [6, 6.07) is 0. The van der Waals surface area contributed by atoms with Crippen LogP contribution in [0.1, 0.15) is 1.43 Å². The van der Waals surface area contributed by atoms with Crippen LogP contribution in [0.25, 0.3) is 0 Å². The van der Waals surface area contributed by atoms with E-state index < -0.39 is 0 Å². The predicted molar refractivity (Wildman–Crippen MR) is 35.5 cm³/mol. The minimum Gasteiger partial charge on any atom is -1.00 e. The molecule has 0 atom stereocenters. The molecule has 1 aliphatic rings. The summed E-state index contributed by atoms with van der Waals surface area (Å²) in [6.07, 6.45) is 0. The fourth-order valence-corrected chi connectivity index (χ4v) is 3.38. The third kappa shape index (κ3) is 4.66. The van der Waals surface area contributed by atoms with Gasteiger partial charge in [-0.1, -0.05) is 0 Å². The molecule has 7 heavy (non-hydrogen) atoms. The Kier molecular flexibility index (Phi) is 8.24. The van der Waals surface area contributed by atoms with Crippen LogP contribution in [-0.2, 0) is 0 Å². The summed E-state index contributed by atoms with van der Waals surface area (Å²) in [5, 5.41) is 0. The maximum absolute atomic E-state index is 3.12. The Labute approximate surface area is 72.0 Å². The van der Waals surface area contributed by atoms with Crippen LogP contribution >= 0.6 is 26.6 Å². The Balaban J connectivity index is 0. The van der Waals surface area contributed by atoms with Gasteiger partial charge in [-0.25, -0.2) is 0 Å². The van der Waals surface area contributed by atoms with Crippen molar-refractivity contribution in [3.8, 4) is 0 Å². The van der Waals surface area contributed by atoms with Crippen molar-refractivity contribution < 1.29 is 31.0 Å². The second-order valence-corrected chi connectivity index (χ2v) is 4.50. The van der Waals surface area contributed by atoms with E-state index >= 15 is 0 Å². The molecule has 1 rings (SSSR count). The van der Waals surface area contributed by atoms with E-state index in [-0.39, 0.29) is 31.0 Å². The van der Waals surface area contributed by atoms with Gasteiger partial charge in [0.25, 0.3) is 0 Å². The van der Waals surface area contributed by atoms with Crippen LogP contribution in [-0.4, -0.2) is 0 Å². The third-order valence-electron chi connectivity index (χ3n) is 0.375. The van der Waals surface area contributed by atoms with Crippen molar-refractivity contribution in [2.24, 2.45) is 0 Å². The van der Waals surface area contributed by atoms with E-state index in [2.05, 4.69) is 14.6 Å². The average Bonchev–Trinajstić information content (AvgIpc) is 1.72. The van der Waals surface area contributed by atoms with E-state index in [0.717, 1.165) is 26.6 Å². The molecule has 0 bridgehead atoms. The molecule has 3 N–H and O–H groups in total. The van der Waals surface area contributed by atoms with Crippen LogP contribution in [0.2, 0.25) is 0 Å². The normalized spacial score (nSPS) is 30.9. The zero-order valence-corrected chi connectivity index (χ0v) is 9.00. The molecular formula is H7N3NaP3. The molecule has 0 aliphatic carbocycles. The largest absolute Gasteiger partial charge is 1.00 e. The number of nitrogens with one attached hydrogen (secondary N) is 3. The van der Waals surface area contributed by atoms with Crippen LogP contribution in [0.3, 0.4) is 0 Å².